The molecule has 10 aliphatic rings. The minimum atomic E-state index is -1.90. The van der Waals surface area contributed by atoms with Gasteiger partial charge in [-0.05, 0) is 131 Å². The summed E-state index contributed by atoms with van der Waals surface area (Å²) in [5, 5.41) is 162. The van der Waals surface area contributed by atoms with E-state index in [4.69, 9.17) is 47.4 Å². The van der Waals surface area contributed by atoms with Crippen LogP contribution in [-0.2, 0) is 52.2 Å². The summed E-state index contributed by atoms with van der Waals surface area (Å²) in [6.07, 6.45) is -31.3. The molecule has 10 rings (SSSR count). The number of aliphatic hydroxyl groups is 15. The maximum Gasteiger partial charge on any atom is 0.314 e. The van der Waals surface area contributed by atoms with Gasteiger partial charge < -0.3 is 124 Å². The summed E-state index contributed by atoms with van der Waals surface area (Å²) in [6, 6.07) is 0. The van der Waals surface area contributed by atoms with Crippen LogP contribution in [0.25, 0.3) is 0 Å². The van der Waals surface area contributed by atoms with Crippen molar-refractivity contribution in [3.8, 4) is 0 Å². The Kier molecular flexibility index (Phi) is 19.2. The molecular weight excluding hydrogens is 1120 g/mol. The van der Waals surface area contributed by atoms with Crippen molar-refractivity contribution in [1.29, 1.82) is 0 Å². The van der Waals surface area contributed by atoms with E-state index in [-0.39, 0.29) is 59.0 Å². The molecule has 5 aliphatic heterocycles. The second-order valence-electron chi connectivity index (χ2n) is 28.0. The quantitative estimate of drug-likeness (QED) is 0.0478. The van der Waals surface area contributed by atoms with Crippen LogP contribution < -0.4 is 0 Å². The molecule has 0 amide bonds. The summed E-state index contributed by atoms with van der Waals surface area (Å²) in [5.41, 5.74) is -1.67. The number of rotatable bonds is 14. The topological polar surface area (TPSA) is 413 Å². The van der Waals surface area contributed by atoms with Crippen LogP contribution in [0.2, 0.25) is 0 Å². The van der Waals surface area contributed by atoms with E-state index in [0.29, 0.717) is 32.1 Å². The molecule has 26 nitrogen and oxygen atoms in total. The number of aliphatic hydroxyl groups excluding tert-OH is 15. The summed E-state index contributed by atoms with van der Waals surface area (Å²) < 4.78 is 59.6. The van der Waals surface area contributed by atoms with Gasteiger partial charge in [0, 0.05) is 5.41 Å². The van der Waals surface area contributed by atoms with Crippen LogP contribution in [0.4, 0.5) is 0 Å². The zero-order chi connectivity index (χ0) is 61.9. The number of ether oxygens (including phenoxy) is 10. The van der Waals surface area contributed by atoms with Gasteiger partial charge in [-0.15, -0.1) is 0 Å². The second kappa shape index (κ2) is 24.7. The highest BCUT2D eigenvalue weighted by atomic mass is 16.8. The predicted molar refractivity (Wildman–Crippen MR) is 288 cm³/mol. The first kappa shape index (κ1) is 66.2. The van der Waals surface area contributed by atoms with Gasteiger partial charge in [-0.25, -0.2) is 0 Å². The Balaban J connectivity index is 0.815. The van der Waals surface area contributed by atoms with Crippen molar-refractivity contribution >= 4 is 5.97 Å². The standard InChI is InChI=1S/C59H96O26/c1-23(2)26-11-16-59(54(75)85-51-46(74)42(70)47(25(4)79-51)83-52-45(73)40(68)38(66)30(81-52)21-77-49-44(72)39(67)37(65)29(19-60)80-49)18-17-57(7)27(34(26)59)9-10-32-55(5)14-13-33(56(6,22-61)31(55)12-15-58(32,57)8)82-53-48(41(69)35(63)24(3)78-53)84-50-43(71)36(64)28(62)20-76-50/h24-53,60-74H,1,9-22H2,2-8H3/t24-,25-,26-,27-,28-,29+,30+,31-,32+,33+,34+,35-,36-,37+,38+,39-,40-,41+,42-,43+,44+,45+,46+,47-,48+,49-,50-,51+,52-,53-,55+,56-,57+,58+,59-/m0/s1. The molecule has 0 radical (unpaired) electrons. The molecule has 0 aromatic heterocycles. The maximum atomic E-state index is 15.2. The molecule has 15 N–H and O–H groups in total. The van der Waals surface area contributed by atoms with Crippen LogP contribution in [-0.4, -0.2) is 263 Å². The van der Waals surface area contributed by atoms with Crippen molar-refractivity contribution < 1.29 is 129 Å². The van der Waals surface area contributed by atoms with Crippen molar-refractivity contribution in [2.24, 2.45) is 56.7 Å². The van der Waals surface area contributed by atoms with Gasteiger partial charge >= 0.3 is 5.97 Å². The van der Waals surface area contributed by atoms with Crippen molar-refractivity contribution in [3.05, 3.63) is 12.2 Å². The van der Waals surface area contributed by atoms with Gasteiger partial charge in [-0.2, -0.15) is 0 Å². The number of carbonyl (C=O) groups excluding carboxylic acids is 1. The Labute approximate surface area is 494 Å². The normalized spacial score (nSPS) is 56.3. The fourth-order valence-corrected chi connectivity index (χ4v) is 18.4. The first-order valence-electron chi connectivity index (χ1n) is 30.7. The third kappa shape index (κ3) is 10.9. The van der Waals surface area contributed by atoms with E-state index in [1.54, 1.807) is 6.92 Å². The van der Waals surface area contributed by atoms with Crippen LogP contribution in [0.3, 0.4) is 0 Å². The van der Waals surface area contributed by atoms with E-state index < -0.39 is 184 Å². The van der Waals surface area contributed by atoms with Gasteiger partial charge in [0.15, 0.2) is 25.2 Å². The zero-order valence-corrected chi connectivity index (χ0v) is 49.6. The Bertz CT molecular complexity index is 2340. The highest BCUT2D eigenvalue weighted by Gasteiger charge is 2.73. The molecule has 10 fully saturated rings. The highest BCUT2D eigenvalue weighted by molar-refractivity contribution is 5.78. The minimum absolute atomic E-state index is 0.0296. The number of allylic oxidation sites excluding steroid dienone is 1. The fourth-order valence-electron chi connectivity index (χ4n) is 18.4. The van der Waals surface area contributed by atoms with Crippen molar-refractivity contribution in [2.75, 3.05) is 26.4 Å². The third-order valence-corrected chi connectivity index (χ3v) is 23.6. The van der Waals surface area contributed by atoms with Crippen LogP contribution in [0, 0.1) is 56.7 Å². The molecule has 0 unspecified atom stereocenters. The number of hydrogen-bond donors (Lipinski definition) is 15. The average Bonchev–Trinajstić information content (AvgIpc) is 1.60. The number of carbonyl (C=O) groups is 1. The van der Waals surface area contributed by atoms with E-state index in [9.17, 15) is 76.6 Å². The van der Waals surface area contributed by atoms with Gasteiger partial charge in [-0.3, -0.25) is 4.79 Å². The number of hydrogen-bond acceptors (Lipinski definition) is 26. The number of esters is 1. The van der Waals surface area contributed by atoms with Crippen LogP contribution in [0.5, 0.6) is 0 Å². The lowest BCUT2D eigenvalue weighted by Crippen LogP contribution is -2.68. The van der Waals surface area contributed by atoms with Gasteiger partial charge in [0.1, 0.15) is 104 Å². The molecule has 85 heavy (non-hydrogen) atoms. The van der Waals surface area contributed by atoms with Gasteiger partial charge in [0.2, 0.25) is 6.29 Å². The van der Waals surface area contributed by atoms with Crippen LogP contribution in [0.15, 0.2) is 12.2 Å². The lowest BCUT2D eigenvalue weighted by molar-refractivity contribution is -0.369. The molecule has 5 saturated heterocycles. The van der Waals surface area contributed by atoms with Crippen molar-refractivity contribution in [1.82, 2.24) is 0 Å². The van der Waals surface area contributed by atoms with Crippen LogP contribution >= 0.6 is 0 Å². The SMILES string of the molecule is C=C(C)[C@@H]1CC[C@]2(C(=O)O[C@H]3O[C@@H](C)[C@H](O[C@@H]4O[C@H](CO[C@H]5O[C@H](CO)[C@@H](O)[C@H](O)[C@H]5O)[C@@H](O)[C@H](O)[C@H]4O)[C@@H](O)[C@H]3O)CC[C@]3(C)[C@@H](CC[C@@H]4[C@]5(C)CC[C@@H](O[C@@H]6O[C@@H](C)[C@H](O)[C@@H](O)[C@H]6O[C@@H]6OC[C@H](O)[C@H](O)[C@H]6O)[C@@](C)(CO)[C@H]5CC[C@]43C)[C@@H]12. The van der Waals surface area contributed by atoms with Gasteiger partial charge in [0.05, 0.1) is 50.2 Å². The Morgan fingerprint density at radius 2 is 1.15 bits per heavy atom. The third-order valence-electron chi connectivity index (χ3n) is 23.6. The summed E-state index contributed by atoms with van der Waals surface area (Å²) in [6.45, 7) is 16.8. The van der Waals surface area contributed by atoms with Crippen LogP contribution in [0.1, 0.15) is 113 Å². The average molecular weight is 1220 g/mol. The van der Waals surface area contributed by atoms with E-state index in [1.807, 2.05) is 13.8 Å². The Morgan fingerprint density at radius 1 is 0.541 bits per heavy atom. The zero-order valence-electron chi connectivity index (χ0n) is 49.6. The molecule has 0 spiro atoms. The molecule has 5 saturated carbocycles. The molecule has 35 atom stereocenters. The summed E-state index contributed by atoms with van der Waals surface area (Å²) in [7, 11) is 0. The second-order valence-corrected chi connectivity index (χ2v) is 28.0. The summed E-state index contributed by atoms with van der Waals surface area (Å²) in [4.78, 5) is 15.2. The van der Waals surface area contributed by atoms with E-state index >= 15 is 4.79 Å². The monoisotopic (exact) mass is 1220 g/mol. The predicted octanol–water partition coefficient (Wildman–Crippen LogP) is -2.69. The van der Waals surface area contributed by atoms with E-state index in [0.717, 1.165) is 37.7 Å². The molecule has 5 aliphatic carbocycles. The molecule has 0 aromatic rings. The Morgan fingerprint density at radius 3 is 1.82 bits per heavy atom. The molecule has 488 valence electrons. The van der Waals surface area contributed by atoms with Gasteiger partial charge in [-0.1, -0.05) is 39.8 Å². The smallest absolute Gasteiger partial charge is 0.314 e. The minimum Gasteiger partial charge on any atom is -0.432 e. The number of fused-ring (bicyclic) bond motifs is 7. The molecule has 26 heteroatoms. The summed E-state index contributed by atoms with van der Waals surface area (Å²) in [5.74, 6) is -0.580. The fraction of sp³-hybridized carbons (Fsp3) is 0.949. The highest BCUT2D eigenvalue weighted by Crippen LogP contribution is 2.78. The van der Waals surface area contributed by atoms with Gasteiger partial charge in [0.25, 0.3) is 0 Å². The molecule has 0 bridgehead atoms. The van der Waals surface area contributed by atoms with Crippen molar-refractivity contribution in [2.45, 2.75) is 266 Å². The largest absolute Gasteiger partial charge is 0.432 e. The Hall–Kier alpha value is -1.75. The molecular formula is C59H96O26. The van der Waals surface area contributed by atoms with Crippen molar-refractivity contribution in [3.63, 3.8) is 0 Å². The maximum absolute atomic E-state index is 15.2. The van der Waals surface area contributed by atoms with E-state index in [1.165, 1.54) is 6.92 Å². The lowest BCUT2D eigenvalue weighted by Gasteiger charge is -2.73. The molecule has 0 aromatic carbocycles. The molecule has 5 heterocycles. The lowest BCUT2D eigenvalue weighted by atomic mass is 9.32. The van der Waals surface area contributed by atoms with E-state index in [2.05, 4.69) is 27.4 Å². The first-order valence-corrected chi connectivity index (χ1v) is 30.7. The first-order chi connectivity index (χ1) is 39.9. The summed E-state index contributed by atoms with van der Waals surface area (Å²) >= 11 is 0.